The highest BCUT2D eigenvalue weighted by atomic mass is 32.2. The van der Waals surface area contributed by atoms with Gasteiger partial charge in [0, 0.05) is 55.9 Å². The maximum Gasteiger partial charge on any atom is 0.253 e. The molecule has 1 unspecified atom stereocenters. The second-order valence-corrected chi connectivity index (χ2v) is 6.86. The van der Waals surface area contributed by atoms with Crippen molar-refractivity contribution in [1.29, 1.82) is 0 Å². The summed E-state index contributed by atoms with van der Waals surface area (Å²) in [5.74, 6) is 2.06. The minimum atomic E-state index is -0.0289. The summed E-state index contributed by atoms with van der Waals surface area (Å²) in [4.78, 5) is 25.6. The highest BCUT2D eigenvalue weighted by Crippen LogP contribution is 2.17. The van der Waals surface area contributed by atoms with Crippen molar-refractivity contribution in [1.82, 2.24) is 10.2 Å². The van der Waals surface area contributed by atoms with Gasteiger partial charge in [0.2, 0.25) is 5.91 Å². The molecule has 0 radical (unpaired) electrons. The average molecular weight is 321 g/mol. The van der Waals surface area contributed by atoms with Gasteiger partial charge in [-0.15, -0.1) is 0 Å². The highest BCUT2D eigenvalue weighted by Gasteiger charge is 2.17. The summed E-state index contributed by atoms with van der Waals surface area (Å²) in [6.07, 6.45) is 0.477. The van der Waals surface area contributed by atoms with Gasteiger partial charge in [-0.1, -0.05) is 0 Å². The predicted octanol–water partition coefficient (Wildman–Crippen LogP) is 1.73. The van der Waals surface area contributed by atoms with E-state index in [0.717, 1.165) is 29.3 Å². The fourth-order valence-electron chi connectivity index (χ4n) is 2.41. The van der Waals surface area contributed by atoms with Crippen LogP contribution in [0.1, 0.15) is 22.3 Å². The van der Waals surface area contributed by atoms with Crippen molar-refractivity contribution in [2.75, 3.05) is 37.5 Å². The average Bonchev–Trinajstić information content (AvgIpc) is 2.47. The molecular formula is C16H23N3O2S. The summed E-state index contributed by atoms with van der Waals surface area (Å²) in [5.41, 5.74) is 2.26. The Hall–Kier alpha value is -1.53. The fraction of sp³-hybridized carbons (Fsp3) is 0.500. The third kappa shape index (κ3) is 4.48. The maximum atomic E-state index is 12.1. The molecular weight excluding hydrogens is 298 g/mol. The van der Waals surface area contributed by atoms with Crippen LogP contribution < -0.4 is 10.6 Å². The lowest BCUT2D eigenvalue weighted by Crippen LogP contribution is -2.39. The largest absolute Gasteiger partial charge is 0.345 e. The van der Waals surface area contributed by atoms with Crippen LogP contribution in [0.5, 0.6) is 0 Å². The molecule has 0 aliphatic carbocycles. The van der Waals surface area contributed by atoms with E-state index in [1.807, 2.05) is 24.8 Å². The molecule has 6 heteroatoms. The number of carbonyl (C=O) groups is 2. The Morgan fingerprint density at radius 3 is 2.77 bits per heavy atom. The lowest BCUT2D eigenvalue weighted by Gasteiger charge is -2.22. The molecule has 2 amide bonds. The minimum Gasteiger partial charge on any atom is -0.345 e. The van der Waals surface area contributed by atoms with Gasteiger partial charge in [-0.2, -0.15) is 11.8 Å². The summed E-state index contributed by atoms with van der Waals surface area (Å²) in [5, 5.41) is 6.26. The van der Waals surface area contributed by atoms with E-state index in [1.54, 1.807) is 31.1 Å². The Bertz CT molecular complexity index is 554. The van der Waals surface area contributed by atoms with Crippen LogP contribution in [-0.2, 0) is 4.79 Å². The molecule has 0 aromatic heterocycles. The monoisotopic (exact) mass is 321 g/mol. The zero-order chi connectivity index (χ0) is 16.1. The highest BCUT2D eigenvalue weighted by molar-refractivity contribution is 7.99. The van der Waals surface area contributed by atoms with Crippen molar-refractivity contribution in [2.24, 2.45) is 0 Å². The fourth-order valence-corrected chi connectivity index (χ4v) is 3.36. The van der Waals surface area contributed by atoms with E-state index in [1.165, 1.54) is 0 Å². The zero-order valence-electron chi connectivity index (χ0n) is 13.3. The zero-order valence-corrected chi connectivity index (χ0v) is 14.1. The van der Waals surface area contributed by atoms with Crippen LogP contribution >= 0.6 is 11.8 Å². The second-order valence-electron chi connectivity index (χ2n) is 5.71. The number of carbonyl (C=O) groups excluding carboxylic acids is 2. The van der Waals surface area contributed by atoms with Crippen LogP contribution in [0.2, 0.25) is 0 Å². The number of hydrogen-bond acceptors (Lipinski definition) is 4. The molecule has 1 saturated heterocycles. The molecule has 1 aromatic carbocycles. The van der Waals surface area contributed by atoms with Crippen molar-refractivity contribution >= 4 is 29.3 Å². The maximum absolute atomic E-state index is 12.1. The summed E-state index contributed by atoms with van der Waals surface area (Å²) >= 11 is 1.88. The van der Waals surface area contributed by atoms with Crippen molar-refractivity contribution in [3.63, 3.8) is 0 Å². The van der Waals surface area contributed by atoms with Crippen LogP contribution in [0.15, 0.2) is 18.2 Å². The predicted molar refractivity (Wildman–Crippen MR) is 91.6 cm³/mol. The van der Waals surface area contributed by atoms with E-state index < -0.39 is 0 Å². The minimum absolute atomic E-state index is 0.00564. The molecule has 1 aliphatic heterocycles. The second kappa shape index (κ2) is 7.65. The molecule has 2 rings (SSSR count). The lowest BCUT2D eigenvalue weighted by atomic mass is 10.1. The quantitative estimate of drug-likeness (QED) is 0.887. The molecule has 1 heterocycles. The molecule has 1 atom stereocenters. The normalized spacial score (nSPS) is 17.9. The Morgan fingerprint density at radius 2 is 2.18 bits per heavy atom. The van der Waals surface area contributed by atoms with E-state index in [0.29, 0.717) is 12.0 Å². The molecule has 1 aromatic rings. The first-order valence-corrected chi connectivity index (χ1v) is 8.56. The molecule has 120 valence electrons. The van der Waals surface area contributed by atoms with E-state index >= 15 is 0 Å². The summed E-state index contributed by atoms with van der Waals surface area (Å²) in [6.45, 7) is 2.84. The van der Waals surface area contributed by atoms with Crippen molar-refractivity contribution in [3.8, 4) is 0 Å². The third-order valence-corrected chi connectivity index (χ3v) is 4.71. The standard InChI is InChI=1S/C16H23N3O2S/c1-11-8-12(4-5-14(11)16(21)19(2)3)18-15(20)9-13-10-22-7-6-17-13/h4-5,8,13,17H,6-7,9-10H2,1-3H3,(H,18,20). The van der Waals surface area contributed by atoms with E-state index in [-0.39, 0.29) is 17.9 Å². The Labute approximate surface area is 135 Å². The Balaban J connectivity index is 1.96. The van der Waals surface area contributed by atoms with E-state index in [9.17, 15) is 9.59 Å². The molecule has 0 bridgehead atoms. The number of nitrogens with zero attached hydrogens (tertiary/aromatic N) is 1. The number of thioether (sulfide) groups is 1. The molecule has 0 spiro atoms. The van der Waals surface area contributed by atoms with Crippen molar-refractivity contribution in [3.05, 3.63) is 29.3 Å². The Kier molecular flexibility index (Phi) is 5.85. The van der Waals surface area contributed by atoms with Gasteiger partial charge in [-0.05, 0) is 30.7 Å². The lowest BCUT2D eigenvalue weighted by molar-refractivity contribution is -0.116. The van der Waals surface area contributed by atoms with E-state index in [4.69, 9.17) is 0 Å². The third-order valence-electron chi connectivity index (χ3n) is 3.58. The number of anilines is 1. The molecule has 2 N–H and O–H groups in total. The van der Waals surface area contributed by atoms with Gasteiger partial charge in [-0.3, -0.25) is 9.59 Å². The molecule has 22 heavy (non-hydrogen) atoms. The number of benzene rings is 1. The Morgan fingerprint density at radius 1 is 1.41 bits per heavy atom. The first-order chi connectivity index (χ1) is 10.5. The van der Waals surface area contributed by atoms with Crippen LogP contribution in [0.3, 0.4) is 0 Å². The molecule has 5 nitrogen and oxygen atoms in total. The van der Waals surface area contributed by atoms with Crippen LogP contribution in [0, 0.1) is 6.92 Å². The summed E-state index contributed by atoms with van der Waals surface area (Å²) in [7, 11) is 3.46. The first-order valence-electron chi connectivity index (χ1n) is 7.40. The van der Waals surface area contributed by atoms with Gasteiger partial charge >= 0.3 is 0 Å². The number of nitrogens with one attached hydrogen (secondary N) is 2. The molecule has 0 saturated carbocycles. The molecule has 1 aliphatic rings. The molecule has 1 fully saturated rings. The number of aryl methyl sites for hydroxylation is 1. The summed E-state index contributed by atoms with van der Waals surface area (Å²) in [6, 6.07) is 5.64. The van der Waals surface area contributed by atoms with Crippen LogP contribution in [0.4, 0.5) is 5.69 Å². The van der Waals surface area contributed by atoms with Gasteiger partial charge in [0.25, 0.3) is 5.91 Å². The number of rotatable bonds is 4. The topological polar surface area (TPSA) is 61.4 Å². The smallest absolute Gasteiger partial charge is 0.253 e. The van der Waals surface area contributed by atoms with E-state index in [2.05, 4.69) is 10.6 Å². The number of hydrogen-bond donors (Lipinski definition) is 2. The van der Waals surface area contributed by atoms with Crippen molar-refractivity contribution in [2.45, 2.75) is 19.4 Å². The number of amides is 2. The van der Waals surface area contributed by atoms with Crippen LogP contribution in [0.25, 0.3) is 0 Å². The summed E-state index contributed by atoms with van der Waals surface area (Å²) < 4.78 is 0. The van der Waals surface area contributed by atoms with Crippen molar-refractivity contribution < 1.29 is 9.59 Å². The van der Waals surface area contributed by atoms with Crippen LogP contribution in [-0.4, -0.2) is 54.9 Å². The SMILES string of the molecule is Cc1cc(NC(=O)CC2CSCCN2)ccc1C(=O)N(C)C. The van der Waals surface area contributed by atoms with Gasteiger partial charge in [0.15, 0.2) is 0 Å². The van der Waals surface area contributed by atoms with Gasteiger partial charge in [0.05, 0.1) is 0 Å². The van der Waals surface area contributed by atoms with Gasteiger partial charge < -0.3 is 15.5 Å². The van der Waals surface area contributed by atoms with Gasteiger partial charge in [-0.25, -0.2) is 0 Å². The first kappa shape index (κ1) is 16.8. The van der Waals surface area contributed by atoms with Gasteiger partial charge in [0.1, 0.15) is 0 Å².